The molecule has 3 fully saturated rings. The largest absolute Gasteiger partial charge is 0.480 e. The van der Waals surface area contributed by atoms with Crippen LogP contribution in [-0.4, -0.2) is 68.9 Å². The van der Waals surface area contributed by atoms with E-state index in [1.807, 2.05) is 0 Å². The minimum absolute atomic E-state index is 0.0763. The molecule has 0 radical (unpaired) electrons. The van der Waals surface area contributed by atoms with Crippen LogP contribution in [0.25, 0.3) is 0 Å². The number of carbonyl (C=O) groups excluding carboxylic acids is 2. The van der Waals surface area contributed by atoms with Gasteiger partial charge in [-0.1, -0.05) is 0 Å². The molecule has 19 heavy (non-hydrogen) atoms. The Bertz CT molecular complexity index is 437. The van der Waals surface area contributed by atoms with Crippen molar-refractivity contribution in [3.05, 3.63) is 0 Å². The van der Waals surface area contributed by atoms with Crippen LogP contribution in [0.3, 0.4) is 0 Å². The summed E-state index contributed by atoms with van der Waals surface area (Å²) in [5.74, 6) is 0.0601. The van der Waals surface area contributed by atoms with Gasteiger partial charge in [-0.2, -0.15) is 11.8 Å². The van der Waals surface area contributed by atoms with E-state index < -0.39 is 18.1 Å². The van der Waals surface area contributed by atoms with E-state index in [1.165, 1.54) is 4.90 Å². The number of nitrogens with zero attached hydrogens (tertiary/aromatic N) is 2. The van der Waals surface area contributed by atoms with Gasteiger partial charge < -0.3 is 5.11 Å². The smallest absolute Gasteiger partial charge is 0.321 e. The number of imide groups is 1. The van der Waals surface area contributed by atoms with Crippen LogP contribution in [0.4, 0.5) is 0 Å². The topological polar surface area (TPSA) is 77.9 Å². The molecule has 2 aliphatic heterocycles. The van der Waals surface area contributed by atoms with E-state index in [1.54, 1.807) is 16.7 Å². The third-order valence-electron chi connectivity index (χ3n) is 3.93. The van der Waals surface area contributed by atoms with Gasteiger partial charge in [-0.25, -0.2) is 0 Å². The molecule has 0 aromatic rings. The van der Waals surface area contributed by atoms with E-state index in [-0.39, 0.29) is 24.3 Å². The fourth-order valence-electron chi connectivity index (χ4n) is 2.81. The monoisotopic (exact) mass is 284 g/mol. The van der Waals surface area contributed by atoms with Gasteiger partial charge in [-0.05, 0) is 12.8 Å². The van der Waals surface area contributed by atoms with Gasteiger partial charge in [0, 0.05) is 24.1 Å². The summed E-state index contributed by atoms with van der Waals surface area (Å²) < 4.78 is 0. The molecule has 2 saturated heterocycles. The second-order valence-electron chi connectivity index (χ2n) is 5.22. The molecule has 6 nitrogen and oxygen atoms in total. The number of rotatable bonds is 3. The summed E-state index contributed by atoms with van der Waals surface area (Å²) in [4.78, 5) is 38.6. The van der Waals surface area contributed by atoms with Gasteiger partial charge in [0.15, 0.2) is 0 Å². The maximum Gasteiger partial charge on any atom is 0.321 e. The minimum atomic E-state index is -0.905. The van der Waals surface area contributed by atoms with E-state index in [4.69, 9.17) is 0 Å². The number of carbonyl (C=O) groups is 3. The summed E-state index contributed by atoms with van der Waals surface area (Å²) in [7, 11) is 0. The molecule has 2 amide bonds. The molecular weight excluding hydrogens is 268 g/mol. The lowest BCUT2D eigenvalue weighted by atomic mass is 10.1. The van der Waals surface area contributed by atoms with Crippen molar-refractivity contribution < 1.29 is 19.5 Å². The predicted octanol–water partition coefficient (Wildman–Crippen LogP) is -0.222. The zero-order valence-corrected chi connectivity index (χ0v) is 11.3. The minimum Gasteiger partial charge on any atom is -0.480 e. The SMILES string of the molecule is O=C(O)C1CSCCN1C1CC(=O)N(C2CC2)C1=O. The number of amides is 2. The first kappa shape index (κ1) is 12.9. The third-order valence-corrected chi connectivity index (χ3v) is 4.95. The van der Waals surface area contributed by atoms with Crippen LogP contribution in [0.2, 0.25) is 0 Å². The van der Waals surface area contributed by atoms with E-state index in [2.05, 4.69) is 0 Å². The summed E-state index contributed by atoms with van der Waals surface area (Å²) in [6, 6.07) is -1.14. The molecule has 3 rings (SSSR count). The molecular formula is C12H16N2O4S. The molecule has 3 aliphatic rings. The first-order chi connectivity index (χ1) is 9.09. The Morgan fingerprint density at radius 2 is 2.05 bits per heavy atom. The number of hydrogen-bond donors (Lipinski definition) is 1. The average molecular weight is 284 g/mol. The molecule has 1 saturated carbocycles. The van der Waals surface area contributed by atoms with Gasteiger partial charge in [-0.3, -0.25) is 24.2 Å². The van der Waals surface area contributed by atoms with E-state index in [0.29, 0.717) is 12.3 Å². The first-order valence-corrected chi connectivity index (χ1v) is 7.67. The Morgan fingerprint density at radius 1 is 1.32 bits per heavy atom. The van der Waals surface area contributed by atoms with Crippen molar-refractivity contribution in [1.82, 2.24) is 9.80 Å². The van der Waals surface area contributed by atoms with Crippen molar-refractivity contribution in [2.45, 2.75) is 37.4 Å². The van der Waals surface area contributed by atoms with Gasteiger partial charge in [0.2, 0.25) is 11.8 Å². The number of likely N-dealkylation sites (tertiary alicyclic amines) is 1. The van der Waals surface area contributed by atoms with Crippen molar-refractivity contribution in [2.75, 3.05) is 18.1 Å². The van der Waals surface area contributed by atoms with Crippen LogP contribution in [-0.2, 0) is 14.4 Å². The Balaban J connectivity index is 1.79. The maximum atomic E-state index is 12.3. The van der Waals surface area contributed by atoms with Crippen LogP contribution in [0, 0.1) is 0 Å². The Labute approximate surface area is 115 Å². The highest BCUT2D eigenvalue weighted by molar-refractivity contribution is 7.99. The van der Waals surface area contributed by atoms with Crippen molar-refractivity contribution in [2.24, 2.45) is 0 Å². The number of thioether (sulfide) groups is 1. The van der Waals surface area contributed by atoms with Crippen molar-refractivity contribution in [1.29, 1.82) is 0 Å². The first-order valence-electron chi connectivity index (χ1n) is 6.52. The second-order valence-corrected chi connectivity index (χ2v) is 6.37. The van der Waals surface area contributed by atoms with Crippen LogP contribution in [0.1, 0.15) is 19.3 Å². The molecule has 7 heteroatoms. The number of aliphatic carboxylic acids is 1. The summed E-state index contributed by atoms with van der Waals surface area (Å²) >= 11 is 1.58. The lowest BCUT2D eigenvalue weighted by molar-refractivity contribution is -0.145. The van der Waals surface area contributed by atoms with Gasteiger partial charge in [0.1, 0.15) is 6.04 Å². The number of carboxylic acid groups (broad SMARTS) is 1. The fraction of sp³-hybridized carbons (Fsp3) is 0.750. The summed E-state index contributed by atoms with van der Waals surface area (Å²) in [6.07, 6.45) is 1.93. The van der Waals surface area contributed by atoms with Gasteiger partial charge in [0.05, 0.1) is 12.5 Å². The molecule has 2 atom stereocenters. The van der Waals surface area contributed by atoms with Crippen LogP contribution < -0.4 is 0 Å². The fourth-order valence-corrected chi connectivity index (χ4v) is 3.88. The standard InChI is InChI=1S/C12H16N2O4S/c15-10-5-8(11(16)14(10)7-1-2-7)13-3-4-19-6-9(13)12(17)18/h7-9H,1-6H2,(H,17,18). The number of hydrogen-bond acceptors (Lipinski definition) is 5. The molecule has 0 aromatic carbocycles. The molecule has 0 aromatic heterocycles. The maximum absolute atomic E-state index is 12.3. The molecule has 1 aliphatic carbocycles. The summed E-state index contributed by atoms with van der Waals surface area (Å²) in [6.45, 7) is 0.559. The predicted molar refractivity (Wildman–Crippen MR) is 68.7 cm³/mol. The zero-order valence-electron chi connectivity index (χ0n) is 10.4. The lowest BCUT2D eigenvalue weighted by Crippen LogP contribution is -2.54. The number of carboxylic acids is 1. The Hall–Kier alpha value is -1.08. The molecule has 104 valence electrons. The third kappa shape index (κ3) is 2.25. The molecule has 1 N–H and O–H groups in total. The quantitative estimate of drug-likeness (QED) is 0.722. The van der Waals surface area contributed by atoms with E-state index >= 15 is 0 Å². The van der Waals surface area contributed by atoms with Gasteiger partial charge >= 0.3 is 5.97 Å². The zero-order chi connectivity index (χ0) is 13.6. The van der Waals surface area contributed by atoms with Gasteiger partial charge in [0.25, 0.3) is 0 Å². The van der Waals surface area contributed by atoms with Crippen LogP contribution in [0.15, 0.2) is 0 Å². The molecule has 0 bridgehead atoms. The van der Waals surface area contributed by atoms with Crippen molar-refractivity contribution in [3.8, 4) is 0 Å². The Kier molecular flexibility index (Phi) is 3.26. The highest BCUT2D eigenvalue weighted by atomic mass is 32.2. The Morgan fingerprint density at radius 3 is 2.68 bits per heavy atom. The highest BCUT2D eigenvalue weighted by Gasteiger charge is 2.50. The van der Waals surface area contributed by atoms with Crippen molar-refractivity contribution >= 4 is 29.5 Å². The van der Waals surface area contributed by atoms with E-state index in [9.17, 15) is 19.5 Å². The molecule has 2 heterocycles. The normalized spacial score (nSPS) is 32.9. The second kappa shape index (κ2) is 4.79. The highest BCUT2D eigenvalue weighted by Crippen LogP contribution is 2.34. The van der Waals surface area contributed by atoms with Crippen molar-refractivity contribution in [3.63, 3.8) is 0 Å². The van der Waals surface area contributed by atoms with E-state index in [0.717, 1.165) is 18.6 Å². The lowest BCUT2D eigenvalue weighted by Gasteiger charge is -2.35. The van der Waals surface area contributed by atoms with Gasteiger partial charge in [-0.15, -0.1) is 0 Å². The van der Waals surface area contributed by atoms with Crippen LogP contribution in [0.5, 0.6) is 0 Å². The average Bonchev–Trinajstić information content (AvgIpc) is 3.16. The molecule has 2 unspecified atom stereocenters. The molecule has 0 spiro atoms. The summed E-state index contributed by atoms with van der Waals surface area (Å²) in [5, 5.41) is 9.24. The van der Waals surface area contributed by atoms with Crippen LogP contribution >= 0.6 is 11.8 Å². The summed E-state index contributed by atoms with van der Waals surface area (Å²) in [5.41, 5.74) is 0.